The van der Waals surface area contributed by atoms with E-state index in [0.717, 1.165) is 11.0 Å². The first-order valence-electron chi connectivity index (χ1n) is 6.46. The van der Waals surface area contributed by atoms with Gasteiger partial charge in [-0.3, -0.25) is 4.79 Å². The van der Waals surface area contributed by atoms with Gasteiger partial charge in [-0.2, -0.15) is 13.2 Å². The molecular weight excluding hydrogens is 321 g/mol. The Bertz CT molecular complexity index is 701. The number of aryl methyl sites for hydroxylation is 1. The number of nitrogens with zero attached hydrogens (tertiary/aromatic N) is 1. The third-order valence-corrected chi connectivity index (χ3v) is 4.42. The normalized spacial score (nSPS) is 19.8. The van der Waals surface area contributed by atoms with Crippen LogP contribution in [0.5, 0.6) is 0 Å². The van der Waals surface area contributed by atoms with Crippen molar-refractivity contribution in [2.24, 2.45) is 11.1 Å². The lowest BCUT2D eigenvalue weighted by atomic mass is 10.1. The molecule has 1 heterocycles. The van der Waals surface area contributed by atoms with E-state index in [1.807, 2.05) is 0 Å². The molecule has 122 valence electrons. The molecule has 22 heavy (non-hydrogen) atoms. The number of para-hydroxylation sites is 1. The van der Waals surface area contributed by atoms with Crippen molar-refractivity contribution < 1.29 is 26.4 Å². The summed E-state index contributed by atoms with van der Waals surface area (Å²) in [5, 5.41) is 4.94. The molecule has 1 unspecified atom stereocenters. The number of rotatable bonds is 3. The minimum atomic E-state index is -4.60. The number of benzene rings is 1. The van der Waals surface area contributed by atoms with Crippen LogP contribution in [-0.4, -0.2) is 26.6 Å². The molecule has 1 aromatic rings. The number of carbonyl (C=O) groups excluding carboxylic acids is 1. The number of alkyl halides is 3. The Hall–Kier alpha value is -1.61. The summed E-state index contributed by atoms with van der Waals surface area (Å²) in [7, 11) is -3.79. The zero-order valence-corrected chi connectivity index (χ0v) is 12.5. The Labute approximate surface area is 125 Å². The number of amides is 1. The van der Waals surface area contributed by atoms with Crippen LogP contribution in [0, 0.1) is 12.8 Å². The number of carbonyl (C=O) groups is 1. The Morgan fingerprint density at radius 2 is 2.00 bits per heavy atom. The quantitative estimate of drug-likeness (QED) is 0.911. The molecule has 0 spiro atoms. The smallest absolute Gasteiger partial charge is 0.311 e. The van der Waals surface area contributed by atoms with E-state index in [0.29, 0.717) is 5.56 Å². The van der Waals surface area contributed by atoms with Crippen molar-refractivity contribution in [1.82, 2.24) is 0 Å². The number of anilines is 1. The molecule has 0 saturated carbocycles. The molecule has 1 saturated heterocycles. The van der Waals surface area contributed by atoms with Gasteiger partial charge in [0.1, 0.15) is 0 Å². The van der Waals surface area contributed by atoms with Gasteiger partial charge >= 0.3 is 6.18 Å². The van der Waals surface area contributed by atoms with Crippen molar-refractivity contribution in [1.29, 1.82) is 0 Å². The van der Waals surface area contributed by atoms with E-state index in [9.17, 15) is 26.4 Å². The van der Waals surface area contributed by atoms with Gasteiger partial charge in [-0.15, -0.1) is 0 Å². The summed E-state index contributed by atoms with van der Waals surface area (Å²) in [4.78, 5) is 13.0. The summed E-state index contributed by atoms with van der Waals surface area (Å²) in [5.74, 6) is -1.57. The van der Waals surface area contributed by atoms with Crippen molar-refractivity contribution in [2.45, 2.75) is 19.5 Å². The van der Waals surface area contributed by atoms with Gasteiger partial charge < -0.3 is 4.90 Å². The fourth-order valence-electron chi connectivity index (χ4n) is 2.68. The fraction of sp³-hybridized carbons (Fsp3) is 0.462. The van der Waals surface area contributed by atoms with Crippen LogP contribution >= 0.6 is 0 Å². The number of halogens is 3. The second kappa shape index (κ2) is 5.54. The number of hydrogen-bond acceptors (Lipinski definition) is 3. The lowest BCUT2D eigenvalue weighted by Crippen LogP contribution is -2.30. The summed E-state index contributed by atoms with van der Waals surface area (Å²) < 4.78 is 61.6. The first kappa shape index (κ1) is 16.8. The lowest BCUT2D eigenvalue weighted by molar-refractivity contribution is -0.137. The minimum Gasteiger partial charge on any atom is -0.311 e. The molecule has 0 radical (unpaired) electrons. The molecule has 0 aromatic heterocycles. The maximum absolute atomic E-state index is 13.1. The second-order valence-electron chi connectivity index (χ2n) is 5.37. The third kappa shape index (κ3) is 3.58. The molecule has 0 bridgehead atoms. The molecule has 1 fully saturated rings. The van der Waals surface area contributed by atoms with Crippen molar-refractivity contribution in [3.05, 3.63) is 29.3 Å². The maximum Gasteiger partial charge on any atom is 0.418 e. The van der Waals surface area contributed by atoms with Gasteiger partial charge in [0.15, 0.2) is 0 Å². The van der Waals surface area contributed by atoms with E-state index in [1.165, 1.54) is 19.1 Å². The monoisotopic (exact) mass is 336 g/mol. The topological polar surface area (TPSA) is 80.5 Å². The molecule has 0 aliphatic carbocycles. The summed E-state index contributed by atoms with van der Waals surface area (Å²) in [6.45, 7) is 1.38. The van der Waals surface area contributed by atoms with E-state index in [-0.39, 0.29) is 18.7 Å². The Balaban J connectivity index is 2.39. The molecule has 9 heteroatoms. The molecule has 2 N–H and O–H groups in total. The molecule has 5 nitrogen and oxygen atoms in total. The van der Waals surface area contributed by atoms with Crippen molar-refractivity contribution in [3.8, 4) is 0 Å². The molecule has 1 amide bonds. The molecule has 1 atom stereocenters. The van der Waals surface area contributed by atoms with E-state index in [2.05, 4.69) is 0 Å². The largest absolute Gasteiger partial charge is 0.418 e. The SMILES string of the molecule is Cc1cccc(C(F)(F)F)c1N1CC(CS(N)(=O)=O)CC1=O. The summed E-state index contributed by atoms with van der Waals surface area (Å²) in [6, 6.07) is 3.65. The summed E-state index contributed by atoms with van der Waals surface area (Å²) >= 11 is 0. The molecule has 1 aliphatic heterocycles. The Kier molecular flexibility index (Phi) is 4.22. The first-order valence-corrected chi connectivity index (χ1v) is 8.18. The molecule has 1 aliphatic rings. The Morgan fingerprint density at radius 1 is 1.36 bits per heavy atom. The second-order valence-corrected chi connectivity index (χ2v) is 7.03. The highest BCUT2D eigenvalue weighted by Crippen LogP contribution is 2.40. The van der Waals surface area contributed by atoms with Crippen molar-refractivity contribution in [2.75, 3.05) is 17.2 Å². The van der Waals surface area contributed by atoms with Crippen LogP contribution in [0.4, 0.5) is 18.9 Å². The predicted octanol–water partition coefficient (Wildman–Crippen LogP) is 1.66. The number of hydrogen-bond donors (Lipinski definition) is 1. The zero-order chi connectivity index (χ0) is 16.7. The van der Waals surface area contributed by atoms with Crippen molar-refractivity contribution >= 4 is 21.6 Å². The van der Waals surface area contributed by atoms with Crippen LogP contribution < -0.4 is 10.0 Å². The van der Waals surface area contributed by atoms with Crippen LogP contribution in [0.3, 0.4) is 0 Å². The van der Waals surface area contributed by atoms with Gasteiger partial charge in [-0.05, 0) is 18.6 Å². The Morgan fingerprint density at radius 3 is 2.55 bits per heavy atom. The van der Waals surface area contributed by atoms with E-state index >= 15 is 0 Å². The third-order valence-electron chi connectivity index (χ3n) is 3.49. The predicted molar refractivity (Wildman–Crippen MR) is 74.6 cm³/mol. The van der Waals surface area contributed by atoms with Crippen LogP contribution in [0.25, 0.3) is 0 Å². The zero-order valence-electron chi connectivity index (χ0n) is 11.7. The standard InChI is InChI=1S/C13H15F3N2O3S/c1-8-3-2-4-10(13(14,15)16)12(8)18-6-9(5-11(18)19)7-22(17,20)21/h2-4,9H,5-7H2,1H3,(H2,17,20,21). The van der Waals surface area contributed by atoms with Crippen LogP contribution in [0.15, 0.2) is 18.2 Å². The average Bonchev–Trinajstić information content (AvgIpc) is 2.65. The molecular formula is C13H15F3N2O3S. The van der Waals surface area contributed by atoms with E-state index in [4.69, 9.17) is 5.14 Å². The first-order chi connectivity index (χ1) is 9.99. The van der Waals surface area contributed by atoms with Gasteiger partial charge in [0.25, 0.3) is 0 Å². The summed E-state index contributed by atoms with van der Waals surface area (Å²) in [6.07, 6.45) is -4.73. The van der Waals surface area contributed by atoms with E-state index in [1.54, 1.807) is 0 Å². The summed E-state index contributed by atoms with van der Waals surface area (Å²) in [5.41, 5.74) is -0.812. The average molecular weight is 336 g/mol. The number of sulfonamides is 1. The highest BCUT2D eigenvalue weighted by molar-refractivity contribution is 7.89. The van der Waals surface area contributed by atoms with Gasteiger partial charge in [0.2, 0.25) is 15.9 Å². The van der Waals surface area contributed by atoms with Gasteiger partial charge in [0.05, 0.1) is 17.0 Å². The molecule has 2 rings (SSSR count). The van der Waals surface area contributed by atoms with E-state index < -0.39 is 39.3 Å². The van der Waals surface area contributed by atoms with Crippen LogP contribution in [0.2, 0.25) is 0 Å². The van der Waals surface area contributed by atoms with Gasteiger partial charge in [0, 0.05) is 18.9 Å². The lowest BCUT2D eigenvalue weighted by Gasteiger charge is -2.23. The molecule has 1 aromatic carbocycles. The number of nitrogens with two attached hydrogens (primary N) is 1. The van der Waals surface area contributed by atoms with Gasteiger partial charge in [-0.25, -0.2) is 13.6 Å². The van der Waals surface area contributed by atoms with Crippen LogP contribution in [0.1, 0.15) is 17.5 Å². The minimum absolute atomic E-state index is 0.0941. The van der Waals surface area contributed by atoms with Crippen LogP contribution in [-0.2, 0) is 21.0 Å². The maximum atomic E-state index is 13.1. The highest BCUT2D eigenvalue weighted by atomic mass is 32.2. The van der Waals surface area contributed by atoms with Crippen molar-refractivity contribution in [3.63, 3.8) is 0 Å². The number of primary sulfonamides is 1. The van der Waals surface area contributed by atoms with Gasteiger partial charge in [-0.1, -0.05) is 12.1 Å². The fourth-order valence-corrected chi connectivity index (χ4v) is 3.56. The highest BCUT2D eigenvalue weighted by Gasteiger charge is 2.40.